The minimum absolute atomic E-state index is 0.00248. The van der Waals surface area contributed by atoms with Crippen molar-refractivity contribution in [2.24, 2.45) is 0 Å². The standard InChI is InChI=1S/C21H12Cl2O5S/c22-16-5-3-6-17(23)15(16)11-28-21(25)12-8-9-14-19(10-12)29(26,27)18-7-2-1-4-13(18)20(14)24/h1-10H,11H2. The van der Waals surface area contributed by atoms with Crippen LogP contribution in [0.4, 0.5) is 0 Å². The van der Waals surface area contributed by atoms with Crippen molar-refractivity contribution in [2.75, 3.05) is 0 Å². The SMILES string of the molecule is O=C(OCc1c(Cl)cccc1Cl)c1ccc2c(c1)S(=O)(=O)c1ccccc1C2=O. The van der Waals surface area contributed by atoms with Crippen LogP contribution in [0.5, 0.6) is 0 Å². The Labute approximate surface area is 176 Å². The third-order valence-electron chi connectivity index (χ3n) is 4.58. The highest BCUT2D eigenvalue weighted by Gasteiger charge is 2.35. The van der Waals surface area contributed by atoms with E-state index in [1.807, 2.05) is 0 Å². The quantitative estimate of drug-likeness (QED) is 0.425. The van der Waals surface area contributed by atoms with E-state index < -0.39 is 21.6 Å². The summed E-state index contributed by atoms with van der Waals surface area (Å²) in [6.07, 6.45) is 0. The molecule has 0 atom stereocenters. The van der Waals surface area contributed by atoms with Gasteiger partial charge in [0.15, 0.2) is 5.78 Å². The summed E-state index contributed by atoms with van der Waals surface area (Å²) in [4.78, 5) is 24.8. The van der Waals surface area contributed by atoms with Gasteiger partial charge in [0.1, 0.15) is 6.61 Å². The molecule has 0 bridgehead atoms. The smallest absolute Gasteiger partial charge is 0.338 e. The van der Waals surface area contributed by atoms with E-state index in [4.69, 9.17) is 27.9 Å². The molecule has 29 heavy (non-hydrogen) atoms. The van der Waals surface area contributed by atoms with Gasteiger partial charge in [0.2, 0.25) is 9.84 Å². The maximum atomic E-state index is 12.9. The van der Waals surface area contributed by atoms with E-state index in [0.717, 1.165) is 6.07 Å². The number of halogens is 2. The second kappa shape index (κ2) is 7.30. The van der Waals surface area contributed by atoms with Crippen LogP contribution in [0, 0.1) is 0 Å². The van der Waals surface area contributed by atoms with Gasteiger partial charge in [0.25, 0.3) is 0 Å². The lowest BCUT2D eigenvalue weighted by Crippen LogP contribution is -2.21. The van der Waals surface area contributed by atoms with Gasteiger partial charge >= 0.3 is 5.97 Å². The van der Waals surface area contributed by atoms with Gasteiger partial charge < -0.3 is 4.74 Å². The minimum Gasteiger partial charge on any atom is -0.457 e. The first-order valence-electron chi connectivity index (χ1n) is 8.43. The number of ketones is 1. The number of esters is 1. The van der Waals surface area contributed by atoms with Crippen LogP contribution >= 0.6 is 23.2 Å². The molecule has 0 spiro atoms. The summed E-state index contributed by atoms with van der Waals surface area (Å²) in [6, 6.07) is 14.7. The number of hydrogen-bond acceptors (Lipinski definition) is 5. The molecular formula is C21H12Cl2O5S. The lowest BCUT2D eigenvalue weighted by molar-refractivity contribution is 0.0472. The van der Waals surface area contributed by atoms with Gasteiger partial charge in [-0.05, 0) is 42.5 Å². The first kappa shape index (κ1) is 19.6. The molecule has 5 nitrogen and oxygen atoms in total. The Morgan fingerprint density at radius 1 is 0.862 bits per heavy atom. The zero-order valence-corrected chi connectivity index (χ0v) is 17.0. The Hall–Kier alpha value is -2.67. The number of benzene rings is 3. The lowest BCUT2D eigenvalue weighted by atomic mass is 10.0. The maximum absolute atomic E-state index is 12.9. The third kappa shape index (κ3) is 3.33. The normalized spacial score (nSPS) is 14.1. The molecule has 4 rings (SSSR count). The van der Waals surface area contributed by atoms with E-state index in [2.05, 4.69) is 0 Å². The van der Waals surface area contributed by atoms with Crippen molar-refractivity contribution < 1.29 is 22.7 Å². The summed E-state index contributed by atoms with van der Waals surface area (Å²) in [6.45, 7) is -0.178. The van der Waals surface area contributed by atoms with Crippen molar-refractivity contribution >= 4 is 44.8 Å². The van der Waals surface area contributed by atoms with Gasteiger partial charge in [-0.2, -0.15) is 0 Å². The zero-order chi connectivity index (χ0) is 20.8. The Kier molecular flexibility index (Phi) is 4.94. The molecule has 0 aromatic heterocycles. The van der Waals surface area contributed by atoms with E-state index in [9.17, 15) is 18.0 Å². The van der Waals surface area contributed by atoms with Crippen molar-refractivity contribution in [1.29, 1.82) is 0 Å². The van der Waals surface area contributed by atoms with Crippen LogP contribution in [0.2, 0.25) is 10.0 Å². The van der Waals surface area contributed by atoms with Gasteiger partial charge in [-0.25, -0.2) is 13.2 Å². The van der Waals surface area contributed by atoms with Gasteiger partial charge in [0.05, 0.1) is 15.4 Å². The fourth-order valence-corrected chi connectivity index (χ4v) is 5.29. The molecule has 0 aliphatic carbocycles. The largest absolute Gasteiger partial charge is 0.457 e. The molecule has 8 heteroatoms. The minimum atomic E-state index is -3.94. The van der Waals surface area contributed by atoms with Gasteiger partial charge in [0, 0.05) is 26.7 Å². The molecule has 1 heterocycles. The van der Waals surface area contributed by atoms with E-state index in [1.54, 1.807) is 30.3 Å². The summed E-state index contributed by atoms with van der Waals surface area (Å²) >= 11 is 12.1. The fraction of sp³-hybridized carbons (Fsp3) is 0.0476. The lowest BCUT2D eigenvalue weighted by Gasteiger charge is -2.19. The van der Waals surface area contributed by atoms with Crippen molar-refractivity contribution in [1.82, 2.24) is 0 Å². The molecule has 0 amide bonds. The Morgan fingerprint density at radius 3 is 2.24 bits per heavy atom. The zero-order valence-electron chi connectivity index (χ0n) is 14.7. The van der Waals surface area contributed by atoms with Gasteiger partial charge in [-0.15, -0.1) is 0 Å². The van der Waals surface area contributed by atoms with Crippen LogP contribution < -0.4 is 0 Å². The molecular weight excluding hydrogens is 435 g/mol. The molecule has 1 aliphatic heterocycles. The average Bonchev–Trinajstić information content (AvgIpc) is 2.71. The van der Waals surface area contributed by atoms with Crippen LogP contribution in [-0.4, -0.2) is 20.2 Å². The molecule has 0 unspecified atom stereocenters. The Morgan fingerprint density at radius 2 is 1.52 bits per heavy atom. The monoisotopic (exact) mass is 446 g/mol. The number of carbonyl (C=O) groups is 2. The summed E-state index contributed by atoms with van der Waals surface area (Å²) < 4.78 is 31.1. The molecule has 1 aliphatic rings. The van der Waals surface area contributed by atoms with Crippen molar-refractivity contribution in [3.8, 4) is 0 Å². The predicted molar refractivity (Wildman–Crippen MR) is 107 cm³/mol. The van der Waals surface area contributed by atoms with E-state index >= 15 is 0 Å². The highest BCUT2D eigenvalue weighted by atomic mass is 35.5. The first-order valence-corrected chi connectivity index (χ1v) is 10.7. The van der Waals surface area contributed by atoms with Crippen LogP contribution in [-0.2, 0) is 21.2 Å². The number of ether oxygens (including phenoxy) is 1. The first-order chi connectivity index (χ1) is 13.8. The average molecular weight is 447 g/mol. The third-order valence-corrected chi connectivity index (χ3v) is 7.14. The summed E-state index contributed by atoms with van der Waals surface area (Å²) in [7, 11) is -3.94. The highest BCUT2D eigenvalue weighted by Crippen LogP contribution is 2.35. The van der Waals surface area contributed by atoms with Crippen LogP contribution in [0.25, 0.3) is 0 Å². The molecule has 0 saturated carbocycles. The number of hydrogen-bond donors (Lipinski definition) is 0. The van der Waals surface area contributed by atoms with Crippen molar-refractivity contribution in [3.63, 3.8) is 0 Å². The molecule has 0 fully saturated rings. The molecule has 3 aromatic rings. The van der Waals surface area contributed by atoms with E-state index in [0.29, 0.717) is 15.6 Å². The van der Waals surface area contributed by atoms with Gasteiger partial charge in [-0.1, -0.05) is 41.4 Å². The van der Waals surface area contributed by atoms with Crippen LogP contribution in [0.1, 0.15) is 31.8 Å². The number of sulfone groups is 1. The Bertz CT molecular complexity index is 1260. The second-order valence-electron chi connectivity index (χ2n) is 6.32. The fourth-order valence-electron chi connectivity index (χ4n) is 3.10. The van der Waals surface area contributed by atoms with Crippen LogP contribution in [0.3, 0.4) is 0 Å². The maximum Gasteiger partial charge on any atom is 0.338 e. The van der Waals surface area contributed by atoms with E-state index in [1.165, 1.54) is 24.3 Å². The van der Waals surface area contributed by atoms with E-state index in [-0.39, 0.29) is 33.1 Å². The van der Waals surface area contributed by atoms with Crippen LogP contribution in [0.15, 0.2) is 70.5 Å². The molecule has 0 saturated heterocycles. The van der Waals surface area contributed by atoms with Gasteiger partial charge in [-0.3, -0.25) is 4.79 Å². The number of carbonyl (C=O) groups excluding carboxylic acids is 2. The summed E-state index contributed by atoms with van der Waals surface area (Å²) in [5.41, 5.74) is 0.583. The molecule has 146 valence electrons. The second-order valence-corrected chi connectivity index (χ2v) is 9.02. The molecule has 0 N–H and O–H groups in total. The predicted octanol–water partition coefficient (Wildman–Crippen LogP) is 4.73. The van der Waals surface area contributed by atoms with Crippen molar-refractivity contribution in [2.45, 2.75) is 16.4 Å². The Balaban J connectivity index is 1.67. The molecule has 0 radical (unpaired) electrons. The topological polar surface area (TPSA) is 77.5 Å². The summed E-state index contributed by atoms with van der Waals surface area (Å²) in [5.74, 6) is -1.17. The number of rotatable bonds is 3. The molecule has 3 aromatic carbocycles. The van der Waals surface area contributed by atoms with Crippen molar-refractivity contribution in [3.05, 3.63) is 93.0 Å². The summed E-state index contributed by atoms with van der Waals surface area (Å²) in [5, 5.41) is 0.695. The number of fused-ring (bicyclic) bond motifs is 2. The highest BCUT2D eigenvalue weighted by molar-refractivity contribution is 7.91.